The van der Waals surface area contributed by atoms with E-state index in [0.29, 0.717) is 24.6 Å². The number of nitrogens with zero attached hydrogens (tertiary/aromatic N) is 2. The second kappa shape index (κ2) is 7.97. The van der Waals surface area contributed by atoms with Crippen LogP contribution in [0, 0.1) is 5.82 Å². The van der Waals surface area contributed by atoms with Crippen molar-refractivity contribution < 1.29 is 21.8 Å². The highest BCUT2D eigenvalue weighted by Gasteiger charge is 2.41. The molecule has 2 aliphatic heterocycles. The standard InChI is InChI=1S/C20H21FN2O4S2/c21-17-5-7-18(8-6-17)29(26,27)23-14-16-4-2-1-3-15(16)13-19(23)20(24)22-9-11-28(25)12-10-22/h1-8,19H,9-14H2. The molecular weight excluding hydrogens is 415 g/mol. The maximum absolute atomic E-state index is 13.3. The smallest absolute Gasteiger partial charge is 0.244 e. The van der Waals surface area contributed by atoms with E-state index in [-0.39, 0.29) is 23.8 Å². The lowest BCUT2D eigenvalue weighted by Crippen LogP contribution is -2.55. The van der Waals surface area contributed by atoms with E-state index < -0.39 is 32.7 Å². The summed E-state index contributed by atoms with van der Waals surface area (Å²) in [6, 6.07) is 11.2. The van der Waals surface area contributed by atoms with Gasteiger partial charge in [-0.3, -0.25) is 9.00 Å². The number of hydrogen-bond donors (Lipinski definition) is 0. The normalized spacial score (nSPS) is 21.0. The highest BCUT2D eigenvalue weighted by atomic mass is 32.2. The molecule has 154 valence electrons. The summed E-state index contributed by atoms with van der Waals surface area (Å²) < 4.78 is 52.8. The number of sulfonamides is 1. The molecule has 1 atom stereocenters. The summed E-state index contributed by atoms with van der Waals surface area (Å²) in [4.78, 5) is 14.8. The van der Waals surface area contributed by atoms with Gasteiger partial charge in [0.05, 0.1) is 4.90 Å². The zero-order valence-corrected chi connectivity index (χ0v) is 17.3. The fourth-order valence-electron chi connectivity index (χ4n) is 3.77. The number of carbonyl (C=O) groups is 1. The van der Waals surface area contributed by atoms with Gasteiger partial charge in [0.1, 0.15) is 11.9 Å². The molecule has 0 N–H and O–H groups in total. The Morgan fingerprint density at radius 1 is 1.00 bits per heavy atom. The van der Waals surface area contributed by atoms with Crippen molar-refractivity contribution in [2.45, 2.75) is 23.9 Å². The molecule has 9 heteroatoms. The Morgan fingerprint density at radius 3 is 2.28 bits per heavy atom. The average Bonchev–Trinajstić information content (AvgIpc) is 2.73. The van der Waals surface area contributed by atoms with Gasteiger partial charge in [0.25, 0.3) is 0 Å². The maximum Gasteiger partial charge on any atom is 0.244 e. The molecule has 29 heavy (non-hydrogen) atoms. The van der Waals surface area contributed by atoms with Crippen molar-refractivity contribution in [2.24, 2.45) is 0 Å². The molecule has 6 nitrogen and oxygen atoms in total. The summed E-state index contributed by atoms with van der Waals surface area (Å²) in [7, 11) is -4.94. The minimum atomic E-state index is -4.01. The molecule has 2 heterocycles. The van der Waals surface area contributed by atoms with Crippen molar-refractivity contribution in [3.05, 3.63) is 65.5 Å². The SMILES string of the molecule is O=C(C1Cc2ccccc2CN1S(=O)(=O)c1ccc(F)cc1)N1CCS(=O)CC1. The Bertz CT molecular complexity index is 1050. The Labute approximate surface area is 171 Å². The van der Waals surface area contributed by atoms with Crippen LogP contribution in [0.2, 0.25) is 0 Å². The summed E-state index contributed by atoms with van der Waals surface area (Å²) >= 11 is 0. The molecule has 1 amide bonds. The Balaban J connectivity index is 1.71. The summed E-state index contributed by atoms with van der Waals surface area (Å²) in [6.45, 7) is 0.786. The van der Waals surface area contributed by atoms with Crippen molar-refractivity contribution >= 4 is 26.7 Å². The van der Waals surface area contributed by atoms with Crippen LogP contribution in [0.3, 0.4) is 0 Å². The number of fused-ring (bicyclic) bond motifs is 1. The Morgan fingerprint density at radius 2 is 1.62 bits per heavy atom. The van der Waals surface area contributed by atoms with Gasteiger partial charge in [0, 0.05) is 41.9 Å². The number of rotatable bonds is 3. The molecular formula is C20H21FN2O4S2. The first-order valence-electron chi connectivity index (χ1n) is 9.34. The van der Waals surface area contributed by atoms with Gasteiger partial charge in [-0.15, -0.1) is 0 Å². The average molecular weight is 437 g/mol. The van der Waals surface area contributed by atoms with E-state index in [9.17, 15) is 21.8 Å². The molecule has 0 bridgehead atoms. The zero-order chi connectivity index (χ0) is 20.6. The third-order valence-electron chi connectivity index (χ3n) is 5.40. The van der Waals surface area contributed by atoms with Gasteiger partial charge in [-0.2, -0.15) is 4.31 Å². The van der Waals surface area contributed by atoms with Crippen molar-refractivity contribution in [3.8, 4) is 0 Å². The molecule has 2 aromatic carbocycles. The van der Waals surface area contributed by atoms with Crippen molar-refractivity contribution in [1.29, 1.82) is 0 Å². The van der Waals surface area contributed by atoms with Gasteiger partial charge < -0.3 is 4.90 Å². The zero-order valence-electron chi connectivity index (χ0n) is 15.7. The van der Waals surface area contributed by atoms with Crippen LogP contribution in [0.15, 0.2) is 53.4 Å². The number of hydrogen-bond acceptors (Lipinski definition) is 4. The summed E-state index contributed by atoms with van der Waals surface area (Å²) in [6.07, 6.45) is 0.273. The van der Waals surface area contributed by atoms with Crippen LogP contribution in [0.5, 0.6) is 0 Å². The first-order valence-corrected chi connectivity index (χ1v) is 12.3. The van der Waals surface area contributed by atoms with Crippen LogP contribution in [-0.4, -0.2) is 58.4 Å². The number of benzene rings is 2. The second-order valence-electron chi connectivity index (χ2n) is 7.17. The minimum Gasteiger partial charge on any atom is -0.339 e. The predicted molar refractivity (Wildman–Crippen MR) is 108 cm³/mol. The van der Waals surface area contributed by atoms with E-state index in [4.69, 9.17) is 0 Å². The van der Waals surface area contributed by atoms with Crippen molar-refractivity contribution in [1.82, 2.24) is 9.21 Å². The third-order valence-corrected chi connectivity index (χ3v) is 8.54. The lowest BCUT2D eigenvalue weighted by atomic mass is 9.95. The minimum absolute atomic E-state index is 0.0455. The molecule has 2 aliphatic rings. The molecule has 1 fully saturated rings. The van der Waals surface area contributed by atoms with E-state index in [1.807, 2.05) is 24.3 Å². The summed E-state index contributed by atoms with van der Waals surface area (Å²) in [5, 5.41) is 0. The van der Waals surface area contributed by atoms with Crippen LogP contribution < -0.4 is 0 Å². The molecule has 1 saturated heterocycles. The van der Waals surface area contributed by atoms with Gasteiger partial charge >= 0.3 is 0 Å². The van der Waals surface area contributed by atoms with Gasteiger partial charge in [-0.05, 0) is 41.8 Å². The first kappa shape index (κ1) is 20.2. The van der Waals surface area contributed by atoms with Gasteiger partial charge in [-0.1, -0.05) is 24.3 Å². The van der Waals surface area contributed by atoms with Crippen LogP contribution >= 0.6 is 0 Å². The maximum atomic E-state index is 13.3. The molecule has 2 aromatic rings. The van der Waals surface area contributed by atoms with Crippen LogP contribution in [-0.2, 0) is 38.6 Å². The van der Waals surface area contributed by atoms with Crippen molar-refractivity contribution in [3.63, 3.8) is 0 Å². The van der Waals surface area contributed by atoms with Crippen molar-refractivity contribution in [2.75, 3.05) is 24.6 Å². The third kappa shape index (κ3) is 3.99. The van der Waals surface area contributed by atoms with E-state index in [0.717, 1.165) is 23.3 Å². The van der Waals surface area contributed by atoms with Crippen LogP contribution in [0.4, 0.5) is 4.39 Å². The van der Waals surface area contributed by atoms with E-state index in [1.165, 1.54) is 16.4 Å². The number of halogens is 1. The van der Waals surface area contributed by atoms with Gasteiger partial charge in [0.2, 0.25) is 15.9 Å². The monoisotopic (exact) mass is 436 g/mol. The topological polar surface area (TPSA) is 74.8 Å². The molecule has 0 aliphatic carbocycles. The summed E-state index contributed by atoms with van der Waals surface area (Å²) in [5.74, 6) is 0.00302. The second-order valence-corrected chi connectivity index (χ2v) is 10.8. The predicted octanol–water partition coefficient (Wildman–Crippen LogP) is 1.53. The van der Waals surface area contributed by atoms with E-state index in [1.54, 1.807) is 4.90 Å². The quantitative estimate of drug-likeness (QED) is 0.732. The molecule has 0 aromatic heterocycles. The lowest BCUT2D eigenvalue weighted by Gasteiger charge is -2.38. The van der Waals surface area contributed by atoms with Crippen LogP contribution in [0.25, 0.3) is 0 Å². The fraction of sp³-hybridized carbons (Fsp3) is 0.350. The van der Waals surface area contributed by atoms with Gasteiger partial charge in [-0.25, -0.2) is 12.8 Å². The largest absolute Gasteiger partial charge is 0.339 e. The van der Waals surface area contributed by atoms with E-state index in [2.05, 4.69) is 0 Å². The molecule has 0 spiro atoms. The highest BCUT2D eigenvalue weighted by molar-refractivity contribution is 7.89. The Kier molecular flexibility index (Phi) is 5.54. The molecule has 0 radical (unpaired) electrons. The number of carbonyl (C=O) groups excluding carboxylic acids is 1. The molecule has 1 unspecified atom stereocenters. The summed E-state index contributed by atoms with van der Waals surface area (Å²) in [5.41, 5.74) is 1.79. The lowest BCUT2D eigenvalue weighted by molar-refractivity contribution is -0.135. The number of amides is 1. The molecule has 0 saturated carbocycles. The van der Waals surface area contributed by atoms with Gasteiger partial charge in [0.15, 0.2) is 0 Å². The fourth-order valence-corrected chi connectivity index (χ4v) is 6.38. The van der Waals surface area contributed by atoms with Crippen LogP contribution in [0.1, 0.15) is 11.1 Å². The van der Waals surface area contributed by atoms with E-state index >= 15 is 0 Å². The Hall–Kier alpha value is -2.10. The highest BCUT2D eigenvalue weighted by Crippen LogP contribution is 2.30. The molecule has 4 rings (SSSR count). The first-order chi connectivity index (χ1) is 13.9.